The van der Waals surface area contributed by atoms with Gasteiger partial charge in [0.25, 0.3) is 0 Å². The summed E-state index contributed by atoms with van der Waals surface area (Å²) in [5, 5.41) is 12.2. The monoisotopic (exact) mass is 239 g/mol. The van der Waals surface area contributed by atoms with Crippen molar-refractivity contribution >= 4 is 0 Å². The van der Waals surface area contributed by atoms with Gasteiger partial charge in [0.2, 0.25) is 0 Å². The topological polar surface area (TPSA) is 50.7 Å². The molecule has 0 bridgehead atoms. The highest BCUT2D eigenvalue weighted by molar-refractivity contribution is 5.46. The number of aliphatic hydroxyl groups excluding tert-OH is 1. The molecule has 0 spiro atoms. The van der Waals surface area contributed by atoms with Gasteiger partial charge in [0, 0.05) is 24.8 Å². The first-order valence-electron chi connectivity index (χ1n) is 5.77. The largest absolute Gasteiger partial charge is 0.493 e. The molecule has 1 unspecified atom stereocenters. The number of nitrogens with one attached hydrogen (secondary N) is 1. The van der Waals surface area contributed by atoms with E-state index in [1.165, 1.54) is 0 Å². The third-order valence-corrected chi connectivity index (χ3v) is 2.69. The van der Waals surface area contributed by atoms with E-state index in [1.807, 2.05) is 25.1 Å². The minimum absolute atomic E-state index is 0.198. The molecule has 1 atom stereocenters. The van der Waals surface area contributed by atoms with Gasteiger partial charge in [-0.2, -0.15) is 0 Å². The van der Waals surface area contributed by atoms with Crippen LogP contribution in [0.15, 0.2) is 18.2 Å². The average Bonchev–Trinajstić information content (AvgIpc) is 2.36. The van der Waals surface area contributed by atoms with Crippen molar-refractivity contribution in [2.45, 2.75) is 25.9 Å². The standard InChI is InChI=1S/C13H21NO3/c1-10(7-8-15)14-9-11-5-4-6-12(16-2)13(11)17-3/h4-6,10,14-15H,7-9H2,1-3H3. The van der Waals surface area contributed by atoms with Crippen molar-refractivity contribution in [3.8, 4) is 11.5 Å². The molecule has 0 aliphatic heterocycles. The summed E-state index contributed by atoms with van der Waals surface area (Å²) >= 11 is 0. The molecule has 1 aromatic carbocycles. The first-order chi connectivity index (χ1) is 8.22. The maximum atomic E-state index is 8.83. The van der Waals surface area contributed by atoms with Crippen LogP contribution in [0.25, 0.3) is 0 Å². The van der Waals surface area contributed by atoms with Crippen LogP contribution < -0.4 is 14.8 Å². The molecule has 17 heavy (non-hydrogen) atoms. The van der Waals surface area contributed by atoms with Crippen LogP contribution in [0.2, 0.25) is 0 Å². The van der Waals surface area contributed by atoms with E-state index in [0.29, 0.717) is 6.54 Å². The van der Waals surface area contributed by atoms with Crippen LogP contribution in [0.1, 0.15) is 18.9 Å². The van der Waals surface area contributed by atoms with Crippen LogP contribution in [0.3, 0.4) is 0 Å². The summed E-state index contributed by atoms with van der Waals surface area (Å²) in [5.74, 6) is 1.50. The summed E-state index contributed by atoms with van der Waals surface area (Å²) in [6.45, 7) is 2.94. The molecule has 1 rings (SSSR count). The molecule has 1 aromatic rings. The van der Waals surface area contributed by atoms with Gasteiger partial charge in [0.1, 0.15) is 0 Å². The summed E-state index contributed by atoms with van der Waals surface area (Å²) in [5.41, 5.74) is 1.05. The Kier molecular flexibility index (Phi) is 5.80. The fourth-order valence-electron chi connectivity index (χ4n) is 1.67. The third kappa shape index (κ3) is 3.91. The van der Waals surface area contributed by atoms with E-state index >= 15 is 0 Å². The van der Waals surface area contributed by atoms with Gasteiger partial charge in [0.15, 0.2) is 11.5 Å². The van der Waals surface area contributed by atoms with Gasteiger partial charge in [-0.3, -0.25) is 0 Å². The molecule has 4 heteroatoms. The van der Waals surface area contributed by atoms with E-state index in [2.05, 4.69) is 5.32 Å². The zero-order chi connectivity index (χ0) is 12.7. The molecular formula is C13H21NO3. The predicted molar refractivity (Wildman–Crippen MR) is 67.6 cm³/mol. The maximum Gasteiger partial charge on any atom is 0.165 e. The van der Waals surface area contributed by atoms with Crippen LogP contribution in [-0.2, 0) is 6.54 Å². The summed E-state index contributed by atoms with van der Waals surface area (Å²) in [6, 6.07) is 6.09. The number of hydrogen-bond acceptors (Lipinski definition) is 4. The maximum absolute atomic E-state index is 8.83. The minimum atomic E-state index is 0.198. The Balaban J connectivity index is 2.70. The Morgan fingerprint density at radius 2 is 2.06 bits per heavy atom. The van der Waals surface area contributed by atoms with Crippen molar-refractivity contribution in [2.75, 3.05) is 20.8 Å². The second-order valence-electron chi connectivity index (χ2n) is 3.95. The smallest absolute Gasteiger partial charge is 0.165 e. The van der Waals surface area contributed by atoms with Gasteiger partial charge in [-0.15, -0.1) is 0 Å². The molecule has 4 nitrogen and oxygen atoms in total. The zero-order valence-corrected chi connectivity index (χ0v) is 10.7. The van der Waals surface area contributed by atoms with E-state index in [-0.39, 0.29) is 12.6 Å². The molecule has 0 aliphatic carbocycles. The predicted octanol–water partition coefficient (Wildman–Crippen LogP) is 1.56. The molecule has 2 N–H and O–H groups in total. The highest BCUT2D eigenvalue weighted by Crippen LogP contribution is 2.30. The SMILES string of the molecule is COc1cccc(CNC(C)CCO)c1OC. The third-order valence-electron chi connectivity index (χ3n) is 2.69. The Hall–Kier alpha value is -1.26. The summed E-state index contributed by atoms with van der Waals surface area (Å²) in [6.07, 6.45) is 0.742. The Bertz CT molecular complexity index is 341. The Morgan fingerprint density at radius 1 is 1.29 bits per heavy atom. The molecule has 0 radical (unpaired) electrons. The van der Waals surface area contributed by atoms with E-state index in [4.69, 9.17) is 14.6 Å². The number of benzene rings is 1. The van der Waals surface area contributed by atoms with E-state index in [0.717, 1.165) is 23.5 Å². The van der Waals surface area contributed by atoms with Gasteiger partial charge < -0.3 is 19.9 Å². The number of hydrogen-bond donors (Lipinski definition) is 2. The molecule has 0 fully saturated rings. The molecule has 0 aromatic heterocycles. The van der Waals surface area contributed by atoms with Gasteiger partial charge in [0.05, 0.1) is 14.2 Å². The van der Waals surface area contributed by atoms with Gasteiger partial charge in [-0.1, -0.05) is 12.1 Å². The molecule has 96 valence electrons. The number of rotatable bonds is 7. The van der Waals surface area contributed by atoms with Crippen LogP contribution in [-0.4, -0.2) is 32.0 Å². The van der Waals surface area contributed by atoms with Crippen LogP contribution in [0.4, 0.5) is 0 Å². The fraction of sp³-hybridized carbons (Fsp3) is 0.538. The molecule has 0 saturated carbocycles. The van der Waals surface area contributed by atoms with Crippen molar-refractivity contribution in [2.24, 2.45) is 0 Å². The normalized spacial score (nSPS) is 12.2. The first kappa shape index (κ1) is 13.8. The number of para-hydroxylation sites is 1. The summed E-state index contributed by atoms with van der Waals surface area (Å²) in [7, 11) is 3.27. The van der Waals surface area contributed by atoms with E-state index in [1.54, 1.807) is 14.2 Å². The van der Waals surface area contributed by atoms with Crippen LogP contribution in [0.5, 0.6) is 11.5 Å². The quantitative estimate of drug-likeness (QED) is 0.758. The highest BCUT2D eigenvalue weighted by Gasteiger charge is 2.09. The van der Waals surface area contributed by atoms with Crippen LogP contribution >= 0.6 is 0 Å². The summed E-state index contributed by atoms with van der Waals surface area (Å²) < 4.78 is 10.6. The highest BCUT2D eigenvalue weighted by atomic mass is 16.5. The average molecular weight is 239 g/mol. The number of aliphatic hydroxyl groups is 1. The van der Waals surface area contributed by atoms with Crippen molar-refractivity contribution in [1.82, 2.24) is 5.32 Å². The molecule has 0 amide bonds. The van der Waals surface area contributed by atoms with Crippen molar-refractivity contribution in [3.05, 3.63) is 23.8 Å². The van der Waals surface area contributed by atoms with Crippen molar-refractivity contribution in [1.29, 1.82) is 0 Å². The molecule has 0 aliphatic rings. The number of methoxy groups -OCH3 is 2. The van der Waals surface area contributed by atoms with Crippen molar-refractivity contribution in [3.63, 3.8) is 0 Å². The lowest BCUT2D eigenvalue weighted by atomic mass is 10.1. The van der Waals surface area contributed by atoms with E-state index in [9.17, 15) is 0 Å². The Morgan fingerprint density at radius 3 is 2.65 bits per heavy atom. The minimum Gasteiger partial charge on any atom is -0.493 e. The van der Waals surface area contributed by atoms with Gasteiger partial charge in [-0.05, 0) is 19.4 Å². The van der Waals surface area contributed by atoms with Gasteiger partial charge in [-0.25, -0.2) is 0 Å². The van der Waals surface area contributed by atoms with Crippen molar-refractivity contribution < 1.29 is 14.6 Å². The Labute approximate surface area is 103 Å². The lowest BCUT2D eigenvalue weighted by Crippen LogP contribution is -2.26. The lowest BCUT2D eigenvalue weighted by molar-refractivity contribution is 0.268. The zero-order valence-electron chi connectivity index (χ0n) is 10.7. The second kappa shape index (κ2) is 7.14. The fourth-order valence-corrected chi connectivity index (χ4v) is 1.67. The lowest BCUT2D eigenvalue weighted by Gasteiger charge is -2.16. The molecular weight excluding hydrogens is 218 g/mol. The summed E-state index contributed by atoms with van der Waals surface area (Å²) in [4.78, 5) is 0. The number of ether oxygens (including phenoxy) is 2. The molecule has 0 heterocycles. The first-order valence-corrected chi connectivity index (χ1v) is 5.77. The van der Waals surface area contributed by atoms with E-state index < -0.39 is 0 Å². The van der Waals surface area contributed by atoms with Crippen LogP contribution in [0, 0.1) is 0 Å². The van der Waals surface area contributed by atoms with Gasteiger partial charge >= 0.3 is 0 Å². The second-order valence-corrected chi connectivity index (χ2v) is 3.95. The molecule has 0 saturated heterocycles.